The predicted molar refractivity (Wildman–Crippen MR) is 76.5 cm³/mol. The molecule has 1 fully saturated rings. The van der Waals surface area contributed by atoms with E-state index in [9.17, 15) is 0 Å². The van der Waals surface area contributed by atoms with Crippen molar-refractivity contribution in [2.75, 3.05) is 6.61 Å². The second kappa shape index (κ2) is 5.16. The van der Waals surface area contributed by atoms with Gasteiger partial charge >= 0.3 is 0 Å². The Bertz CT molecular complexity index is 525. The lowest BCUT2D eigenvalue weighted by Gasteiger charge is -2.30. The van der Waals surface area contributed by atoms with E-state index in [-0.39, 0.29) is 5.54 Å². The molecule has 0 saturated carbocycles. The molecule has 2 aromatic rings. The molecule has 0 unspecified atom stereocenters. The molecule has 0 aliphatic carbocycles. The van der Waals surface area contributed by atoms with Crippen LogP contribution in [0.4, 0.5) is 0 Å². The van der Waals surface area contributed by atoms with Gasteiger partial charge in [0.1, 0.15) is 0 Å². The van der Waals surface area contributed by atoms with Crippen molar-refractivity contribution in [1.29, 1.82) is 0 Å². The molecule has 1 saturated heterocycles. The lowest BCUT2D eigenvalue weighted by atomic mass is 9.78. The molecule has 0 radical (unpaired) electrons. The maximum absolute atomic E-state index is 5.55. The summed E-state index contributed by atoms with van der Waals surface area (Å²) >= 11 is 0. The van der Waals surface area contributed by atoms with Crippen LogP contribution in [-0.4, -0.2) is 6.61 Å². The van der Waals surface area contributed by atoms with E-state index in [4.69, 9.17) is 4.84 Å². The van der Waals surface area contributed by atoms with Crippen molar-refractivity contribution in [1.82, 2.24) is 5.48 Å². The monoisotopic (exact) mass is 253 g/mol. The van der Waals surface area contributed by atoms with Gasteiger partial charge in [0.2, 0.25) is 0 Å². The third-order valence-corrected chi connectivity index (χ3v) is 4.08. The van der Waals surface area contributed by atoms with Gasteiger partial charge < -0.3 is 4.84 Å². The SMILES string of the molecule is C[C@@]1(c2ccccc2)NOC[C@@H]1Cc1ccccc1. The molecule has 1 aliphatic rings. The van der Waals surface area contributed by atoms with Crippen LogP contribution in [0.3, 0.4) is 0 Å². The van der Waals surface area contributed by atoms with Gasteiger partial charge in [-0.15, -0.1) is 0 Å². The summed E-state index contributed by atoms with van der Waals surface area (Å²) in [7, 11) is 0. The molecule has 2 aromatic carbocycles. The molecule has 3 rings (SSSR count). The highest BCUT2D eigenvalue weighted by atomic mass is 16.7. The van der Waals surface area contributed by atoms with Gasteiger partial charge in [-0.2, -0.15) is 5.48 Å². The molecule has 0 aromatic heterocycles. The summed E-state index contributed by atoms with van der Waals surface area (Å²) in [6.07, 6.45) is 1.03. The van der Waals surface area contributed by atoms with Gasteiger partial charge in [-0.25, -0.2) is 0 Å². The van der Waals surface area contributed by atoms with E-state index < -0.39 is 0 Å². The Morgan fingerprint density at radius 1 is 1.05 bits per heavy atom. The Hall–Kier alpha value is -1.64. The quantitative estimate of drug-likeness (QED) is 0.906. The minimum Gasteiger partial charge on any atom is -0.301 e. The lowest BCUT2D eigenvalue weighted by molar-refractivity contribution is 0.0654. The average Bonchev–Trinajstić information content (AvgIpc) is 2.84. The fourth-order valence-corrected chi connectivity index (χ4v) is 2.78. The Kier molecular flexibility index (Phi) is 3.36. The van der Waals surface area contributed by atoms with E-state index in [0.717, 1.165) is 13.0 Å². The number of rotatable bonds is 3. The smallest absolute Gasteiger partial charge is 0.0735 e. The van der Waals surface area contributed by atoms with Crippen molar-refractivity contribution in [2.24, 2.45) is 5.92 Å². The van der Waals surface area contributed by atoms with Gasteiger partial charge in [0.25, 0.3) is 0 Å². The number of hydrogen-bond acceptors (Lipinski definition) is 2. The van der Waals surface area contributed by atoms with Gasteiger partial charge in [-0.3, -0.25) is 0 Å². The van der Waals surface area contributed by atoms with E-state index >= 15 is 0 Å². The summed E-state index contributed by atoms with van der Waals surface area (Å²) in [5.41, 5.74) is 5.75. The molecule has 0 bridgehead atoms. The van der Waals surface area contributed by atoms with Gasteiger partial charge in [-0.05, 0) is 24.5 Å². The highest BCUT2D eigenvalue weighted by Crippen LogP contribution is 2.35. The molecule has 1 heterocycles. The molecule has 0 amide bonds. The first-order valence-electron chi connectivity index (χ1n) is 6.77. The van der Waals surface area contributed by atoms with Crippen LogP contribution in [0.15, 0.2) is 60.7 Å². The third-order valence-electron chi connectivity index (χ3n) is 4.08. The van der Waals surface area contributed by atoms with Crippen LogP contribution in [0.2, 0.25) is 0 Å². The summed E-state index contributed by atoms with van der Waals surface area (Å²) in [5, 5.41) is 0. The zero-order valence-electron chi connectivity index (χ0n) is 11.2. The minimum atomic E-state index is -0.114. The summed E-state index contributed by atoms with van der Waals surface area (Å²) in [6, 6.07) is 21.2. The summed E-state index contributed by atoms with van der Waals surface area (Å²) in [5.74, 6) is 0.442. The normalized spacial score (nSPS) is 26.5. The van der Waals surface area contributed by atoms with Crippen molar-refractivity contribution in [2.45, 2.75) is 18.9 Å². The van der Waals surface area contributed by atoms with Gasteiger partial charge in [0.05, 0.1) is 12.1 Å². The first-order chi connectivity index (χ1) is 9.29. The highest BCUT2D eigenvalue weighted by Gasteiger charge is 2.41. The van der Waals surface area contributed by atoms with Gasteiger partial charge in [0.15, 0.2) is 0 Å². The van der Waals surface area contributed by atoms with Crippen molar-refractivity contribution in [3.05, 3.63) is 71.8 Å². The van der Waals surface area contributed by atoms with Crippen LogP contribution in [0.5, 0.6) is 0 Å². The fourth-order valence-electron chi connectivity index (χ4n) is 2.78. The number of hydrogen-bond donors (Lipinski definition) is 1. The van der Waals surface area contributed by atoms with Crippen LogP contribution in [-0.2, 0) is 16.8 Å². The van der Waals surface area contributed by atoms with Crippen LogP contribution < -0.4 is 5.48 Å². The molecule has 1 N–H and O–H groups in total. The largest absolute Gasteiger partial charge is 0.301 e. The van der Waals surface area contributed by atoms with E-state index in [1.54, 1.807) is 0 Å². The predicted octanol–water partition coefficient (Wildman–Crippen LogP) is 3.30. The van der Waals surface area contributed by atoms with Crippen molar-refractivity contribution in [3.8, 4) is 0 Å². The molecule has 2 atom stereocenters. The third kappa shape index (κ3) is 2.42. The molecule has 1 aliphatic heterocycles. The summed E-state index contributed by atoms with van der Waals surface area (Å²) in [4.78, 5) is 5.55. The van der Waals surface area contributed by atoms with Crippen LogP contribution in [0.25, 0.3) is 0 Å². The Morgan fingerprint density at radius 2 is 1.68 bits per heavy atom. The number of nitrogens with one attached hydrogen (secondary N) is 1. The second-order valence-electron chi connectivity index (χ2n) is 5.37. The van der Waals surface area contributed by atoms with Crippen molar-refractivity contribution >= 4 is 0 Å². The topological polar surface area (TPSA) is 21.3 Å². The number of hydroxylamine groups is 1. The molecular weight excluding hydrogens is 234 g/mol. The standard InChI is InChI=1S/C17H19NO/c1-17(15-10-6-3-7-11-15)16(13-19-18-17)12-14-8-4-2-5-9-14/h2-11,16,18H,12-13H2,1H3/t16-,17-/m0/s1. The summed E-state index contributed by atoms with van der Waals surface area (Å²) < 4.78 is 0. The van der Waals surface area contributed by atoms with Crippen molar-refractivity contribution in [3.63, 3.8) is 0 Å². The van der Waals surface area contributed by atoms with E-state index in [0.29, 0.717) is 5.92 Å². The lowest BCUT2D eigenvalue weighted by Crippen LogP contribution is -2.39. The van der Waals surface area contributed by atoms with E-state index in [2.05, 4.69) is 73.1 Å². The Morgan fingerprint density at radius 3 is 2.37 bits per heavy atom. The first-order valence-corrected chi connectivity index (χ1v) is 6.77. The molecular formula is C17H19NO. The maximum Gasteiger partial charge on any atom is 0.0735 e. The fraction of sp³-hybridized carbons (Fsp3) is 0.294. The molecule has 0 spiro atoms. The molecule has 2 nitrogen and oxygen atoms in total. The summed E-state index contributed by atoms with van der Waals surface area (Å²) in [6.45, 7) is 2.98. The zero-order chi connectivity index (χ0) is 13.1. The highest BCUT2D eigenvalue weighted by molar-refractivity contribution is 5.27. The molecule has 98 valence electrons. The van der Waals surface area contributed by atoms with Crippen molar-refractivity contribution < 1.29 is 4.84 Å². The van der Waals surface area contributed by atoms with E-state index in [1.165, 1.54) is 11.1 Å². The zero-order valence-corrected chi connectivity index (χ0v) is 11.2. The number of benzene rings is 2. The Balaban J connectivity index is 1.85. The van der Waals surface area contributed by atoms with Crippen LogP contribution >= 0.6 is 0 Å². The van der Waals surface area contributed by atoms with Gasteiger partial charge in [-0.1, -0.05) is 60.7 Å². The van der Waals surface area contributed by atoms with Gasteiger partial charge in [0, 0.05) is 5.92 Å². The van der Waals surface area contributed by atoms with Crippen LogP contribution in [0, 0.1) is 5.92 Å². The minimum absolute atomic E-state index is 0.114. The first kappa shape index (κ1) is 12.4. The molecule has 19 heavy (non-hydrogen) atoms. The van der Waals surface area contributed by atoms with Crippen LogP contribution in [0.1, 0.15) is 18.1 Å². The molecule has 2 heteroatoms. The average molecular weight is 253 g/mol. The second-order valence-corrected chi connectivity index (χ2v) is 5.37. The van der Waals surface area contributed by atoms with E-state index in [1.807, 2.05) is 0 Å². The Labute approximate surface area is 114 Å². The maximum atomic E-state index is 5.55.